The van der Waals surface area contributed by atoms with Gasteiger partial charge in [-0.25, -0.2) is 0 Å². The van der Waals surface area contributed by atoms with E-state index < -0.39 is 0 Å². The standard InChI is InChI=1S/C17H18BrNO2/c1-3-21-15-7-4-13(5-8-15)11-17(20)19-14-6-9-16(18)12(2)10-14/h4-10H,3,11H2,1-2H3,(H,19,20). The van der Waals surface area contributed by atoms with Crippen molar-refractivity contribution in [3.05, 3.63) is 58.1 Å². The van der Waals surface area contributed by atoms with Crippen molar-refractivity contribution in [1.29, 1.82) is 0 Å². The molecule has 0 aliphatic heterocycles. The molecule has 21 heavy (non-hydrogen) atoms. The first kappa shape index (κ1) is 15.6. The van der Waals surface area contributed by atoms with E-state index in [9.17, 15) is 4.79 Å². The number of nitrogens with one attached hydrogen (secondary N) is 1. The number of hydrogen-bond acceptors (Lipinski definition) is 2. The topological polar surface area (TPSA) is 38.3 Å². The number of amides is 1. The Morgan fingerprint density at radius 3 is 2.52 bits per heavy atom. The van der Waals surface area contributed by atoms with E-state index in [4.69, 9.17) is 4.74 Å². The molecule has 0 heterocycles. The summed E-state index contributed by atoms with van der Waals surface area (Å²) in [7, 11) is 0. The SMILES string of the molecule is CCOc1ccc(CC(=O)Nc2ccc(Br)c(C)c2)cc1. The quantitative estimate of drug-likeness (QED) is 0.873. The van der Waals surface area contributed by atoms with E-state index in [1.165, 1.54) is 0 Å². The zero-order chi connectivity index (χ0) is 15.2. The van der Waals surface area contributed by atoms with Crippen LogP contribution in [0.1, 0.15) is 18.1 Å². The molecule has 110 valence electrons. The monoisotopic (exact) mass is 347 g/mol. The van der Waals surface area contributed by atoms with Crippen LogP contribution in [0.5, 0.6) is 5.75 Å². The number of rotatable bonds is 5. The molecule has 4 heteroatoms. The fourth-order valence-corrected chi connectivity index (χ4v) is 2.23. The second kappa shape index (κ2) is 7.27. The van der Waals surface area contributed by atoms with E-state index in [1.54, 1.807) is 0 Å². The third-order valence-electron chi connectivity index (χ3n) is 3.04. The Hall–Kier alpha value is -1.81. The summed E-state index contributed by atoms with van der Waals surface area (Å²) in [5.41, 5.74) is 2.87. The summed E-state index contributed by atoms with van der Waals surface area (Å²) in [4.78, 5) is 12.0. The molecular formula is C17H18BrNO2. The van der Waals surface area contributed by atoms with Gasteiger partial charge in [0.05, 0.1) is 13.0 Å². The molecule has 0 atom stereocenters. The molecule has 0 saturated heterocycles. The lowest BCUT2D eigenvalue weighted by atomic mass is 10.1. The van der Waals surface area contributed by atoms with Crippen LogP contribution in [0.2, 0.25) is 0 Å². The zero-order valence-corrected chi connectivity index (χ0v) is 13.7. The van der Waals surface area contributed by atoms with E-state index in [0.29, 0.717) is 13.0 Å². The first-order chi connectivity index (χ1) is 10.1. The summed E-state index contributed by atoms with van der Waals surface area (Å²) in [6, 6.07) is 13.4. The normalized spacial score (nSPS) is 10.2. The first-order valence-electron chi connectivity index (χ1n) is 6.86. The van der Waals surface area contributed by atoms with E-state index in [0.717, 1.165) is 27.0 Å². The summed E-state index contributed by atoms with van der Waals surface area (Å²) >= 11 is 3.44. The van der Waals surface area contributed by atoms with Gasteiger partial charge in [-0.15, -0.1) is 0 Å². The van der Waals surface area contributed by atoms with E-state index in [1.807, 2.05) is 56.3 Å². The lowest BCUT2D eigenvalue weighted by Gasteiger charge is -2.08. The number of halogens is 1. The summed E-state index contributed by atoms with van der Waals surface area (Å²) in [6.07, 6.45) is 0.349. The van der Waals surface area contributed by atoms with Gasteiger partial charge in [-0.2, -0.15) is 0 Å². The Morgan fingerprint density at radius 1 is 1.19 bits per heavy atom. The smallest absolute Gasteiger partial charge is 0.228 e. The Balaban J connectivity index is 1.96. The number of aryl methyl sites for hydroxylation is 1. The molecule has 0 saturated carbocycles. The highest BCUT2D eigenvalue weighted by Gasteiger charge is 2.05. The molecule has 3 nitrogen and oxygen atoms in total. The van der Waals surface area contributed by atoms with Gasteiger partial charge in [0.15, 0.2) is 0 Å². The van der Waals surface area contributed by atoms with E-state index in [2.05, 4.69) is 21.2 Å². The molecule has 1 N–H and O–H groups in total. The van der Waals surface area contributed by atoms with Gasteiger partial charge in [-0.3, -0.25) is 4.79 Å². The van der Waals surface area contributed by atoms with Gasteiger partial charge >= 0.3 is 0 Å². The molecule has 2 aromatic rings. The first-order valence-corrected chi connectivity index (χ1v) is 7.65. The number of ether oxygens (including phenoxy) is 1. The van der Waals surface area contributed by atoms with Crippen molar-refractivity contribution in [3.63, 3.8) is 0 Å². The fourth-order valence-electron chi connectivity index (χ4n) is 1.98. The molecule has 0 unspecified atom stereocenters. The number of hydrogen-bond donors (Lipinski definition) is 1. The Labute approximate surface area is 133 Å². The minimum absolute atomic E-state index is 0.0270. The van der Waals surface area contributed by atoms with Crippen LogP contribution in [-0.4, -0.2) is 12.5 Å². The van der Waals surface area contributed by atoms with E-state index >= 15 is 0 Å². The van der Waals surface area contributed by atoms with Crippen molar-refractivity contribution in [2.45, 2.75) is 20.3 Å². The number of carbonyl (C=O) groups excluding carboxylic acids is 1. The molecule has 0 aromatic heterocycles. The van der Waals surface area contributed by atoms with Crippen LogP contribution in [0.4, 0.5) is 5.69 Å². The molecule has 0 spiro atoms. The molecular weight excluding hydrogens is 330 g/mol. The lowest BCUT2D eigenvalue weighted by molar-refractivity contribution is -0.115. The second-order valence-corrected chi connectivity index (χ2v) is 5.62. The lowest BCUT2D eigenvalue weighted by Crippen LogP contribution is -2.14. The van der Waals surface area contributed by atoms with Crippen molar-refractivity contribution in [3.8, 4) is 5.75 Å². The highest BCUT2D eigenvalue weighted by Crippen LogP contribution is 2.20. The number of benzene rings is 2. The third-order valence-corrected chi connectivity index (χ3v) is 3.93. The maximum Gasteiger partial charge on any atom is 0.228 e. The molecule has 0 fully saturated rings. The van der Waals surface area contributed by atoms with E-state index in [-0.39, 0.29) is 5.91 Å². The molecule has 0 aliphatic rings. The van der Waals surface area contributed by atoms with Gasteiger partial charge in [-0.1, -0.05) is 28.1 Å². The highest BCUT2D eigenvalue weighted by atomic mass is 79.9. The number of carbonyl (C=O) groups is 1. The average Bonchev–Trinajstić information content (AvgIpc) is 2.45. The Bertz CT molecular complexity index is 623. The summed E-state index contributed by atoms with van der Waals surface area (Å²) < 4.78 is 6.42. The van der Waals surface area contributed by atoms with Crippen molar-refractivity contribution in [2.24, 2.45) is 0 Å². The molecule has 2 aromatic carbocycles. The predicted octanol–water partition coefficient (Wildman–Crippen LogP) is 4.34. The molecule has 1 amide bonds. The molecule has 0 aliphatic carbocycles. The third kappa shape index (κ3) is 4.60. The van der Waals surface area contributed by atoms with Crippen molar-refractivity contribution in [2.75, 3.05) is 11.9 Å². The van der Waals surface area contributed by atoms with Gasteiger partial charge in [0.25, 0.3) is 0 Å². The summed E-state index contributed by atoms with van der Waals surface area (Å²) in [5.74, 6) is 0.797. The predicted molar refractivity (Wildman–Crippen MR) is 88.8 cm³/mol. The van der Waals surface area contributed by atoms with Crippen LogP contribution < -0.4 is 10.1 Å². The molecule has 0 bridgehead atoms. The zero-order valence-electron chi connectivity index (χ0n) is 12.2. The highest BCUT2D eigenvalue weighted by molar-refractivity contribution is 9.10. The minimum Gasteiger partial charge on any atom is -0.494 e. The fraction of sp³-hybridized carbons (Fsp3) is 0.235. The van der Waals surface area contributed by atoms with Gasteiger partial charge in [0.2, 0.25) is 5.91 Å². The molecule has 2 rings (SSSR count). The largest absolute Gasteiger partial charge is 0.494 e. The van der Waals surface area contributed by atoms with Crippen LogP contribution >= 0.6 is 15.9 Å². The summed E-state index contributed by atoms with van der Waals surface area (Å²) in [5, 5.41) is 2.91. The van der Waals surface area contributed by atoms with Gasteiger partial charge in [0, 0.05) is 10.2 Å². The van der Waals surface area contributed by atoms with Crippen molar-refractivity contribution >= 4 is 27.5 Å². The van der Waals surface area contributed by atoms with Crippen LogP contribution in [0, 0.1) is 6.92 Å². The maximum absolute atomic E-state index is 12.0. The van der Waals surface area contributed by atoms with Crippen LogP contribution in [0.3, 0.4) is 0 Å². The number of anilines is 1. The maximum atomic E-state index is 12.0. The summed E-state index contributed by atoms with van der Waals surface area (Å²) in [6.45, 7) is 4.58. The van der Waals surface area contributed by atoms with Crippen molar-refractivity contribution < 1.29 is 9.53 Å². The van der Waals surface area contributed by atoms with Gasteiger partial charge in [0.1, 0.15) is 5.75 Å². The molecule has 0 radical (unpaired) electrons. The van der Waals surface area contributed by atoms with Crippen molar-refractivity contribution in [1.82, 2.24) is 0 Å². The Morgan fingerprint density at radius 2 is 1.90 bits per heavy atom. The second-order valence-electron chi connectivity index (χ2n) is 4.77. The Kier molecular flexibility index (Phi) is 5.39. The van der Waals surface area contributed by atoms with Crippen LogP contribution in [0.15, 0.2) is 46.9 Å². The van der Waals surface area contributed by atoms with Crippen LogP contribution in [0.25, 0.3) is 0 Å². The van der Waals surface area contributed by atoms with Gasteiger partial charge in [-0.05, 0) is 55.3 Å². The van der Waals surface area contributed by atoms with Gasteiger partial charge < -0.3 is 10.1 Å². The average molecular weight is 348 g/mol. The van der Waals surface area contributed by atoms with Crippen LogP contribution in [-0.2, 0) is 11.2 Å². The minimum atomic E-state index is -0.0270.